The maximum absolute atomic E-state index is 12.7. The van der Waals surface area contributed by atoms with E-state index in [1.807, 2.05) is 48.9 Å². The second-order valence-corrected chi connectivity index (χ2v) is 7.58. The van der Waals surface area contributed by atoms with Crippen molar-refractivity contribution in [2.45, 2.75) is 33.7 Å². The van der Waals surface area contributed by atoms with Crippen LogP contribution in [0, 0.1) is 13.8 Å². The van der Waals surface area contributed by atoms with Crippen LogP contribution >= 0.6 is 11.3 Å². The number of thiophene rings is 1. The molecule has 3 heterocycles. The van der Waals surface area contributed by atoms with E-state index in [1.165, 1.54) is 4.88 Å². The molecule has 4 aromatic rings. The third-order valence-electron chi connectivity index (χ3n) is 4.46. The van der Waals surface area contributed by atoms with E-state index in [1.54, 1.807) is 22.2 Å². The van der Waals surface area contributed by atoms with Gasteiger partial charge in [0.05, 0.1) is 29.6 Å². The van der Waals surface area contributed by atoms with Gasteiger partial charge in [-0.2, -0.15) is 5.10 Å². The van der Waals surface area contributed by atoms with Crippen LogP contribution < -0.4 is 5.56 Å². The fourth-order valence-electron chi connectivity index (χ4n) is 3.13. The molecule has 0 atom stereocenters. The van der Waals surface area contributed by atoms with Crippen LogP contribution in [0.1, 0.15) is 28.8 Å². The van der Waals surface area contributed by atoms with Gasteiger partial charge in [0, 0.05) is 10.6 Å². The summed E-state index contributed by atoms with van der Waals surface area (Å²) >= 11 is 1.60. The smallest absolute Gasteiger partial charge is 0.262 e. The van der Waals surface area contributed by atoms with Crippen LogP contribution in [0.25, 0.3) is 15.9 Å². The molecule has 0 radical (unpaired) electrons. The third-order valence-corrected chi connectivity index (χ3v) is 5.65. The molecule has 132 valence electrons. The van der Waals surface area contributed by atoms with Gasteiger partial charge in [0.1, 0.15) is 4.83 Å². The number of nitrogens with zero attached hydrogens (tertiary/aromatic N) is 4. The van der Waals surface area contributed by atoms with Crippen LogP contribution in [-0.2, 0) is 13.0 Å². The van der Waals surface area contributed by atoms with Crippen molar-refractivity contribution in [3.63, 3.8) is 0 Å². The molecule has 0 aliphatic heterocycles. The Balaban J connectivity index is 1.63. The standard InChI is InChI=1S/C20H20N4OS/c1-4-17-10-18-19(26-17)21-12-23(20(18)25)11-15-5-7-16(8-6-15)24-14(3)9-13(2)22-24/h5-10,12H,4,11H2,1-3H3. The first-order valence-corrected chi connectivity index (χ1v) is 9.47. The highest BCUT2D eigenvalue weighted by Crippen LogP contribution is 2.21. The minimum absolute atomic E-state index is 0.0218. The first kappa shape index (κ1) is 16.7. The Morgan fingerprint density at radius 1 is 1.12 bits per heavy atom. The molecule has 1 aromatic carbocycles. The molecule has 0 saturated carbocycles. The normalized spacial score (nSPS) is 11.3. The maximum Gasteiger partial charge on any atom is 0.262 e. The van der Waals surface area contributed by atoms with Gasteiger partial charge in [-0.1, -0.05) is 19.1 Å². The molecule has 3 aromatic heterocycles. The Morgan fingerprint density at radius 3 is 2.54 bits per heavy atom. The molecule has 0 bridgehead atoms. The van der Waals surface area contributed by atoms with E-state index < -0.39 is 0 Å². The molecule has 6 heteroatoms. The van der Waals surface area contributed by atoms with Gasteiger partial charge in [-0.3, -0.25) is 9.36 Å². The summed E-state index contributed by atoms with van der Waals surface area (Å²) in [5.74, 6) is 0. The second-order valence-electron chi connectivity index (χ2n) is 6.47. The highest BCUT2D eigenvalue weighted by atomic mass is 32.1. The average molecular weight is 364 g/mol. The second kappa shape index (κ2) is 6.53. The Hall–Kier alpha value is -2.73. The fraction of sp³-hybridized carbons (Fsp3) is 0.250. The number of hydrogen-bond donors (Lipinski definition) is 0. The van der Waals surface area contributed by atoms with E-state index in [2.05, 4.69) is 23.1 Å². The van der Waals surface area contributed by atoms with E-state index in [0.29, 0.717) is 11.9 Å². The molecule has 0 fully saturated rings. The summed E-state index contributed by atoms with van der Waals surface area (Å²) in [6, 6.07) is 12.2. The van der Waals surface area contributed by atoms with E-state index in [-0.39, 0.29) is 5.56 Å². The molecule has 0 spiro atoms. The van der Waals surface area contributed by atoms with Crippen LogP contribution in [0.5, 0.6) is 0 Å². The van der Waals surface area contributed by atoms with Crippen LogP contribution in [0.2, 0.25) is 0 Å². The lowest BCUT2D eigenvalue weighted by Gasteiger charge is -2.08. The summed E-state index contributed by atoms with van der Waals surface area (Å²) in [7, 11) is 0. The zero-order valence-corrected chi connectivity index (χ0v) is 15.9. The highest BCUT2D eigenvalue weighted by Gasteiger charge is 2.09. The minimum Gasteiger partial charge on any atom is -0.294 e. The summed E-state index contributed by atoms with van der Waals surface area (Å²) < 4.78 is 3.60. The maximum atomic E-state index is 12.7. The number of aromatic nitrogens is 4. The molecule has 5 nitrogen and oxygen atoms in total. The third kappa shape index (κ3) is 2.97. The van der Waals surface area contributed by atoms with Crippen molar-refractivity contribution < 1.29 is 0 Å². The Kier molecular flexibility index (Phi) is 4.20. The lowest BCUT2D eigenvalue weighted by Crippen LogP contribution is -2.20. The van der Waals surface area contributed by atoms with Crippen LogP contribution in [0.3, 0.4) is 0 Å². The first-order valence-electron chi connectivity index (χ1n) is 8.65. The number of rotatable bonds is 4. The zero-order chi connectivity index (χ0) is 18.3. The SMILES string of the molecule is CCc1cc2c(=O)n(Cc3ccc(-n4nc(C)cc4C)cc3)cnc2s1. The topological polar surface area (TPSA) is 52.7 Å². The molecule has 0 unspecified atom stereocenters. The molecule has 4 rings (SSSR count). The molecule has 0 saturated heterocycles. The molecule has 0 amide bonds. The lowest BCUT2D eigenvalue weighted by molar-refractivity contribution is 0.748. The molecular weight excluding hydrogens is 344 g/mol. The van der Waals surface area contributed by atoms with Crippen LogP contribution in [0.4, 0.5) is 0 Å². The van der Waals surface area contributed by atoms with E-state index in [4.69, 9.17) is 0 Å². The summed E-state index contributed by atoms with van der Waals surface area (Å²) in [6.07, 6.45) is 2.57. The number of fused-ring (bicyclic) bond motifs is 1. The van der Waals surface area contributed by atoms with Crippen LogP contribution in [0.15, 0.2) is 47.5 Å². The fourth-order valence-corrected chi connectivity index (χ4v) is 4.05. The molecule has 26 heavy (non-hydrogen) atoms. The van der Waals surface area contributed by atoms with Crippen molar-refractivity contribution in [1.29, 1.82) is 0 Å². The van der Waals surface area contributed by atoms with Crippen LogP contribution in [-0.4, -0.2) is 19.3 Å². The van der Waals surface area contributed by atoms with Gasteiger partial charge in [0.2, 0.25) is 0 Å². The van der Waals surface area contributed by atoms with Gasteiger partial charge in [-0.05, 0) is 50.1 Å². The molecule has 0 aliphatic rings. The van der Waals surface area contributed by atoms with Gasteiger partial charge < -0.3 is 0 Å². The number of hydrogen-bond acceptors (Lipinski definition) is 4. The predicted octanol–water partition coefficient (Wildman–Crippen LogP) is 3.87. The van der Waals surface area contributed by atoms with Gasteiger partial charge >= 0.3 is 0 Å². The average Bonchev–Trinajstić information content (AvgIpc) is 3.21. The van der Waals surface area contributed by atoms with E-state index >= 15 is 0 Å². The Labute approximate surface area is 155 Å². The van der Waals surface area contributed by atoms with Crippen molar-refractivity contribution >= 4 is 21.6 Å². The van der Waals surface area contributed by atoms with Gasteiger partial charge in [0.15, 0.2) is 0 Å². The minimum atomic E-state index is 0.0218. The summed E-state index contributed by atoms with van der Waals surface area (Å²) in [6.45, 7) is 6.63. The van der Waals surface area contributed by atoms with Crippen molar-refractivity contribution in [1.82, 2.24) is 19.3 Å². The summed E-state index contributed by atoms with van der Waals surface area (Å²) in [4.78, 5) is 19.2. The quantitative estimate of drug-likeness (QED) is 0.552. The Bertz CT molecular complexity index is 1140. The first-order chi connectivity index (χ1) is 12.5. The summed E-state index contributed by atoms with van der Waals surface area (Å²) in [5, 5.41) is 5.22. The van der Waals surface area contributed by atoms with Gasteiger partial charge in [0.25, 0.3) is 5.56 Å². The molecule has 0 aliphatic carbocycles. The van der Waals surface area contributed by atoms with E-state index in [0.717, 1.165) is 33.9 Å². The monoisotopic (exact) mass is 364 g/mol. The molecular formula is C20H20N4OS. The van der Waals surface area contributed by atoms with E-state index in [9.17, 15) is 4.79 Å². The van der Waals surface area contributed by atoms with Crippen molar-refractivity contribution in [3.8, 4) is 5.69 Å². The largest absolute Gasteiger partial charge is 0.294 e. The summed E-state index contributed by atoms with van der Waals surface area (Å²) in [5.41, 5.74) is 4.20. The zero-order valence-electron chi connectivity index (χ0n) is 15.1. The number of aryl methyl sites for hydroxylation is 3. The van der Waals surface area contributed by atoms with Crippen molar-refractivity contribution in [2.24, 2.45) is 0 Å². The number of benzene rings is 1. The van der Waals surface area contributed by atoms with Gasteiger partial charge in [-0.25, -0.2) is 9.67 Å². The molecule has 0 N–H and O–H groups in total. The van der Waals surface area contributed by atoms with Gasteiger partial charge in [-0.15, -0.1) is 11.3 Å². The Morgan fingerprint density at radius 2 is 1.88 bits per heavy atom. The predicted molar refractivity (Wildman–Crippen MR) is 105 cm³/mol. The van der Waals surface area contributed by atoms with Crippen molar-refractivity contribution in [2.75, 3.05) is 0 Å². The van der Waals surface area contributed by atoms with Crippen molar-refractivity contribution in [3.05, 3.63) is 74.9 Å². The highest BCUT2D eigenvalue weighted by molar-refractivity contribution is 7.18. The lowest BCUT2D eigenvalue weighted by atomic mass is 10.2.